The molecule has 0 fully saturated rings. The van der Waals surface area contributed by atoms with Crippen LogP contribution in [0, 0.1) is 0 Å². The Morgan fingerprint density at radius 3 is 2.17 bits per heavy atom. The number of halogens is 1. The molecule has 0 heterocycles. The minimum atomic E-state index is -1.33. The Bertz CT molecular complexity index is 54.3. The summed E-state index contributed by atoms with van der Waals surface area (Å²) in [7, 11) is 0. The van der Waals surface area contributed by atoms with Crippen LogP contribution in [0.25, 0.3) is 0 Å². The molecule has 36 valence electrons. The van der Waals surface area contributed by atoms with Crippen molar-refractivity contribution in [2.75, 3.05) is 0 Å². The zero-order valence-electron chi connectivity index (χ0n) is 3.31. The molecule has 0 aromatic rings. The van der Waals surface area contributed by atoms with Crippen molar-refractivity contribution in [3.05, 3.63) is 0 Å². The summed E-state index contributed by atoms with van der Waals surface area (Å²) in [5, 5.41) is 8.38. The van der Waals surface area contributed by atoms with Gasteiger partial charge in [-0.2, -0.15) is 0 Å². The van der Waals surface area contributed by atoms with Gasteiger partial charge in [-0.3, -0.25) is 4.79 Å². The van der Waals surface area contributed by atoms with E-state index in [2.05, 4.69) is 15.9 Å². The van der Waals surface area contributed by atoms with E-state index in [4.69, 9.17) is 5.11 Å². The molecule has 2 nitrogen and oxygen atoms in total. The number of aliphatic hydroxyl groups is 1. The smallest absolute Gasteiger partial charge is 0.172 e. The van der Waals surface area contributed by atoms with E-state index in [9.17, 15) is 4.79 Å². The Morgan fingerprint density at radius 1 is 2.00 bits per heavy atom. The second-order valence-electron chi connectivity index (χ2n) is 1.14. The van der Waals surface area contributed by atoms with Crippen LogP contribution < -0.4 is 0 Å². The quantitative estimate of drug-likeness (QED) is 0.434. The van der Waals surface area contributed by atoms with Gasteiger partial charge in [0, 0.05) is 0 Å². The van der Waals surface area contributed by atoms with Crippen molar-refractivity contribution in [2.45, 2.75) is 11.4 Å². The molecular formula is C3H5BrO2. The van der Waals surface area contributed by atoms with Crippen molar-refractivity contribution >= 4 is 22.2 Å². The second-order valence-corrected chi connectivity index (χ2v) is 2.75. The van der Waals surface area contributed by atoms with Gasteiger partial charge in [-0.25, -0.2) is 0 Å². The molecule has 3 heteroatoms. The van der Waals surface area contributed by atoms with Crippen LogP contribution in [0.15, 0.2) is 0 Å². The summed E-state index contributed by atoms with van der Waals surface area (Å²) in [5.74, 6) is 0. The molecule has 0 spiro atoms. The zero-order chi connectivity index (χ0) is 5.21. The first-order valence-corrected chi connectivity index (χ1v) is 2.23. The van der Waals surface area contributed by atoms with Gasteiger partial charge in [-0.15, -0.1) is 0 Å². The SMILES string of the molecule is CC(O)(Br)C=O. The molecule has 0 saturated carbocycles. The third kappa shape index (κ3) is 4.11. The average Bonchev–Trinajstić information content (AvgIpc) is 1.35. The van der Waals surface area contributed by atoms with Gasteiger partial charge in [0.1, 0.15) is 0 Å². The highest BCUT2D eigenvalue weighted by Crippen LogP contribution is 2.05. The molecule has 1 atom stereocenters. The number of alkyl halides is 1. The van der Waals surface area contributed by atoms with Gasteiger partial charge in [-0.1, -0.05) is 0 Å². The lowest BCUT2D eigenvalue weighted by Gasteiger charge is -2.00. The van der Waals surface area contributed by atoms with Gasteiger partial charge < -0.3 is 5.11 Å². The van der Waals surface area contributed by atoms with Crippen molar-refractivity contribution in [3.63, 3.8) is 0 Å². The summed E-state index contributed by atoms with van der Waals surface area (Å²) in [6.45, 7) is 1.35. The third-order valence-corrected chi connectivity index (χ3v) is 0.402. The van der Waals surface area contributed by atoms with Crippen molar-refractivity contribution in [2.24, 2.45) is 0 Å². The van der Waals surface area contributed by atoms with E-state index in [0.29, 0.717) is 6.29 Å². The lowest BCUT2D eigenvalue weighted by Crippen LogP contribution is -2.14. The van der Waals surface area contributed by atoms with E-state index >= 15 is 0 Å². The van der Waals surface area contributed by atoms with Crippen LogP contribution in [0.5, 0.6) is 0 Å². The number of rotatable bonds is 1. The van der Waals surface area contributed by atoms with E-state index in [0.717, 1.165) is 0 Å². The highest BCUT2D eigenvalue weighted by Gasteiger charge is 2.10. The van der Waals surface area contributed by atoms with Gasteiger partial charge in [-0.05, 0) is 22.9 Å². The normalized spacial score (nSPS) is 19.2. The summed E-state index contributed by atoms with van der Waals surface area (Å²) >= 11 is 2.66. The predicted molar refractivity (Wildman–Crippen MR) is 25.6 cm³/mol. The number of hydrogen-bond acceptors (Lipinski definition) is 2. The number of carbonyl (C=O) groups is 1. The second kappa shape index (κ2) is 1.71. The topological polar surface area (TPSA) is 37.3 Å². The Hall–Kier alpha value is 0.110. The number of carbonyl (C=O) groups excluding carboxylic acids is 1. The first-order valence-electron chi connectivity index (χ1n) is 1.44. The van der Waals surface area contributed by atoms with Crippen molar-refractivity contribution < 1.29 is 9.90 Å². The molecular weight excluding hydrogens is 148 g/mol. The van der Waals surface area contributed by atoms with Crippen LogP contribution in [0.3, 0.4) is 0 Å². The molecule has 0 rings (SSSR count). The first-order chi connectivity index (χ1) is 2.56. The van der Waals surface area contributed by atoms with Crippen LogP contribution in [0.1, 0.15) is 6.92 Å². The van der Waals surface area contributed by atoms with Crippen molar-refractivity contribution in [1.29, 1.82) is 0 Å². The number of hydrogen-bond donors (Lipinski definition) is 1. The minimum absolute atomic E-state index is 0.410. The highest BCUT2D eigenvalue weighted by atomic mass is 79.9. The highest BCUT2D eigenvalue weighted by molar-refractivity contribution is 9.10. The molecule has 0 aliphatic carbocycles. The summed E-state index contributed by atoms with van der Waals surface area (Å²) in [6.07, 6.45) is 0.410. The Morgan fingerprint density at radius 2 is 2.17 bits per heavy atom. The zero-order valence-corrected chi connectivity index (χ0v) is 4.90. The van der Waals surface area contributed by atoms with Crippen LogP contribution in [-0.2, 0) is 4.79 Å². The lowest BCUT2D eigenvalue weighted by atomic mass is 10.5. The monoisotopic (exact) mass is 152 g/mol. The van der Waals surface area contributed by atoms with Gasteiger partial charge in [0.15, 0.2) is 10.8 Å². The molecule has 6 heavy (non-hydrogen) atoms. The standard InChI is InChI=1S/C3H5BrO2/c1-3(4,6)2-5/h2,6H,1H3. The molecule has 0 aromatic heterocycles. The molecule has 0 aliphatic rings. The van der Waals surface area contributed by atoms with E-state index in [1.807, 2.05) is 0 Å². The fourth-order valence-corrected chi connectivity index (χ4v) is 0. The lowest BCUT2D eigenvalue weighted by molar-refractivity contribution is -0.115. The Kier molecular flexibility index (Phi) is 1.74. The maximum Gasteiger partial charge on any atom is 0.172 e. The van der Waals surface area contributed by atoms with Gasteiger partial charge in [0.05, 0.1) is 0 Å². The maximum atomic E-state index is 9.53. The van der Waals surface area contributed by atoms with Crippen LogP contribution in [-0.4, -0.2) is 15.9 Å². The molecule has 1 unspecified atom stereocenters. The predicted octanol–water partition coefficient (Wildman–Crippen LogP) is 0.289. The van der Waals surface area contributed by atoms with Crippen molar-refractivity contribution in [3.8, 4) is 0 Å². The molecule has 0 aliphatic heterocycles. The van der Waals surface area contributed by atoms with Crippen LogP contribution in [0.4, 0.5) is 0 Å². The fraction of sp³-hybridized carbons (Fsp3) is 0.667. The third-order valence-electron chi connectivity index (χ3n) is 0.215. The first kappa shape index (κ1) is 6.11. The van der Waals surface area contributed by atoms with Crippen molar-refractivity contribution in [1.82, 2.24) is 0 Å². The van der Waals surface area contributed by atoms with E-state index < -0.39 is 4.51 Å². The summed E-state index contributed by atoms with van der Waals surface area (Å²) < 4.78 is -1.33. The van der Waals surface area contributed by atoms with Crippen LogP contribution in [0.2, 0.25) is 0 Å². The van der Waals surface area contributed by atoms with E-state index in [-0.39, 0.29) is 0 Å². The maximum absolute atomic E-state index is 9.53. The van der Waals surface area contributed by atoms with Gasteiger partial charge >= 0.3 is 0 Å². The Balaban J connectivity index is 3.45. The van der Waals surface area contributed by atoms with E-state index in [1.54, 1.807) is 0 Å². The fourth-order valence-electron chi connectivity index (χ4n) is 0. The van der Waals surface area contributed by atoms with Gasteiger partial charge in [0.25, 0.3) is 0 Å². The summed E-state index contributed by atoms with van der Waals surface area (Å²) in [4.78, 5) is 9.53. The average molecular weight is 153 g/mol. The summed E-state index contributed by atoms with van der Waals surface area (Å²) in [6, 6.07) is 0. The van der Waals surface area contributed by atoms with Crippen LogP contribution >= 0.6 is 15.9 Å². The molecule has 0 amide bonds. The molecule has 0 radical (unpaired) electrons. The largest absolute Gasteiger partial charge is 0.372 e. The minimum Gasteiger partial charge on any atom is -0.372 e. The molecule has 0 bridgehead atoms. The van der Waals surface area contributed by atoms with E-state index in [1.165, 1.54) is 6.92 Å². The summed E-state index contributed by atoms with van der Waals surface area (Å²) in [5.41, 5.74) is 0. The van der Waals surface area contributed by atoms with Gasteiger partial charge in [0.2, 0.25) is 0 Å². The number of aldehydes is 1. The molecule has 1 N–H and O–H groups in total. The molecule has 0 aromatic carbocycles. The molecule has 0 saturated heterocycles. The Labute approximate surface area is 44.3 Å².